The summed E-state index contributed by atoms with van der Waals surface area (Å²) in [6.45, 7) is 5.96. The van der Waals surface area contributed by atoms with Crippen LogP contribution in [0.1, 0.15) is 52.3 Å². The van der Waals surface area contributed by atoms with Crippen LogP contribution in [0.2, 0.25) is 0 Å². The first kappa shape index (κ1) is 19.0. The number of benzene rings is 1. The highest BCUT2D eigenvalue weighted by molar-refractivity contribution is 7.20. The van der Waals surface area contributed by atoms with E-state index in [4.69, 9.17) is 0 Å². The summed E-state index contributed by atoms with van der Waals surface area (Å²) in [4.78, 5) is 42.2. The Morgan fingerprint density at radius 2 is 1.93 bits per heavy atom. The zero-order valence-electron chi connectivity index (χ0n) is 15.5. The monoisotopic (exact) mass is 383 g/mol. The number of nitrogens with zero attached hydrogens (tertiary/aromatic N) is 2. The van der Waals surface area contributed by atoms with Gasteiger partial charge in [-0.15, -0.1) is 11.3 Å². The predicted molar refractivity (Wildman–Crippen MR) is 108 cm³/mol. The number of Topliss-reactive ketones (excluding diaryl/α,β-unsaturated/α-hetero) is 1. The Balaban J connectivity index is 1.90. The van der Waals surface area contributed by atoms with E-state index in [-0.39, 0.29) is 17.2 Å². The fraction of sp³-hybridized carbons (Fsp3) is 0.300. The maximum absolute atomic E-state index is 12.7. The SMILES string of the molecule is CCCCn1cnc2sc(C(=O)Nc3ccc(C(C)=O)cc3)c(C)c2c1=O. The number of ketones is 1. The van der Waals surface area contributed by atoms with E-state index in [0.717, 1.165) is 12.8 Å². The molecule has 140 valence electrons. The number of hydrogen-bond donors (Lipinski definition) is 1. The maximum atomic E-state index is 12.7. The molecule has 2 heterocycles. The van der Waals surface area contributed by atoms with Crippen LogP contribution in [0.15, 0.2) is 35.4 Å². The first-order valence-electron chi connectivity index (χ1n) is 8.83. The van der Waals surface area contributed by atoms with Crippen LogP contribution in [-0.4, -0.2) is 21.2 Å². The smallest absolute Gasteiger partial charge is 0.266 e. The van der Waals surface area contributed by atoms with Gasteiger partial charge in [-0.25, -0.2) is 4.98 Å². The Bertz CT molecular complexity index is 1060. The van der Waals surface area contributed by atoms with E-state index in [1.165, 1.54) is 18.3 Å². The van der Waals surface area contributed by atoms with Gasteiger partial charge in [0.1, 0.15) is 4.83 Å². The van der Waals surface area contributed by atoms with Crippen LogP contribution in [-0.2, 0) is 6.54 Å². The molecular formula is C20H21N3O3S. The first-order chi connectivity index (χ1) is 12.9. The number of aryl methyl sites for hydroxylation is 2. The van der Waals surface area contributed by atoms with Gasteiger partial charge in [0.05, 0.1) is 16.6 Å². The normalized spacial score (nSPS) is 10.9. The number of thiophene rings is 1. The van der Waals surface area contributed by atoms with Crippen LogP contribution in [0, 0.1) is 6.92 Å². The number of hydrogen-bond acceptors (Lipinski definition) is 5. The molecule has 2 aromatic heterocycles. The molecule has 0 spiro atoms. The highest BCUT2D eigenvalue weighted by Gasteiger charge is 2.19. The molecule has 7 heteroatoms. The van der Waals surface area contributed by atoms with Crippen LogP contribution in [0.4, 0.5) is 5.69 Å². The molecule has 0 fully saturated rings. The van der Waals surface area contributed by atoms with Crippen molar-refractivity contribution in [2.75, 3.05) is 5.32 Å². The van der Waals surface area contributed by atoms with Gasteiger partial charge in [0.25, 0.3) is 11.5 Å². The van der Waals surface area contributed by atoms with Gasteiger partial charge in [0.2, 0.25) is 0 Å². The third-order valence-electron chi connectivity index (χ3n) is 4.43. The van der Waals surface area contributed by atoms with E-state index in [0.29, 0.717) is 38.5 Å². The average Bonchev–Trinajstić information content (AvgIpc) is 2.99. The van der Waals surface area contributed by atoms with Crippen molar-refractivity contribution in [3.63, 3.8) is 0 Å². The second kappa shape index (κ2) is 7.84. The standard InChI is InChI=1S/C20H21N3O3S/c1-4-5-10-23-11-21-19-16(20(23)26)12(2)17(27-19)18(25)22-15-8-6-14(7-9-15)13(3)24/h6-9,11H,4-5,10H2,1-3H3,(H,22,25). The maximum Gasteiger partial charge on any atom is 0.266 e. The van der Waals surface area contributed by atoms with Crippen molar-refractivity contribution in [2.24, 2.45) is 0 Å². The Labute approximate surface area is 160 Å². The van der Waals surface area contributed by atoms with Crippen molar-refractivity contribution < 1.29 is 9.59 Å². The van der Waals surface area contributed by atoms with E-state index in [1.54, 1.807) is 42.1 Å². The lowest BCUT2D eigenvalue weighted by atomic mass is 10.1. The molecule has 0 aliphatic rings. The Hall–Kier alpha value is -2.80. The van der Waals surface area contributed by atoms with Crippen molar-refractivity contribution in [3.8, 4) is 0 Å². The number of nitrogens with one attached hydrogen (secondary N) is 1. The van der Waals surface area contributed by atoms with Gasteiger partial charge in [0, 0.05) is 17.8 Å². The first-order valence-corrected chi connectivity index (χ1v) is 9.65. The molecule has 6 nitrogen and oxygen atoms in total. The van der Waals surface area contributed by atoms with E-state index in [9.17, 15) is 14.4 Å². The number of aromatic nitrogens is 2. The lowest BCUT2D eigenvalue weighted by molar-refractivity contribution is 0.101. The molecule has 0 unspecified atom stereocenters. The van der Waals surface area contributed by atoms with E-state index < -0.39 is 0 Å². The topological polar surface area (TPSA) is 81.1 Å². The number of carbonyl (C=O) groups is 2. The van der Waals surface area contributed by atoms with Gasteiger partial charge >= 0.3 is 0 Å². The molecule has 0 aliphatic carbocycles. The summed E-state index contributed by atoms with van der Waals surface area (Å²) >= 11 is 1.22. The summed E-state index contributed by atoms with van der Waals surface area (Å²) < 4.78 is 1.60. The number of anilines is 1. The molecule has 0 bridgehead atoms. The highest BCUT2D eigenvalue weighted by Crippen LogP contribution is 2.27. The average molecular weight is 383 g/mol. The molecule has 3 rings (SSSR count). The van der Waals surface area contributed by atoms with Crippen molar-refractivity contribution in [2.45, 2.75) is 40.2 Å². The number of carbonyl (C=O) groups excluding carboxylic acids is 2. The molecule has 0 atom stereocenters. The molecule has 3 aromatic rings. The molecule has 0 radical (unpaired) electrons. The summed E-state index contributed by atoms with van der Waals surface area (Å²) in [7, 11) is 0. The van der Waals surface area contributed by atoms with Crippen LogP contribution < -0.4 is 10.9 Å². The third-order valence-corrected chi connectivity index (χ3v) is 5.62. The quantitative estimate of drug-likeness (QED) is 0.652. The third kappa shape index (κ3) is 3.83. The lowest BCUT2D eigenvalue weighted by Crippen LogP contribution is -2.20. The van der Waals surface area contributed by atoms with E-state index >= 15 is 0 Å². The van der Waals surface area contributed by atoms with Gasteiger partial charge in [-0.05, 0) is 50.1 Å². The minimum absolute atomic E-state index is 0.0290. The molecule has 1 amide bonds. The predicted octanol–water partition coefficient (Wildman–Crippen LogP) is 4.02. The summed E-state index contributed by atoms with van der Waals surface area (Å²) in [6, 6.07) is 6.72. The molecule has 27 heavy (non-hydrogen) atoms. The van der Waals surface area contributed by atoms with Crippen molar-refractivity contribution >= 4 is 38.9 Å². The molecule has 0 aliphatic heterocycles. The molecular weight excluding hydrogens is 362 g/mol. The van der Waals surface area contributed by atoms with Crippen LogP contribution >= 0.6 is 11.3 Å². The van der Waals surface area contributed by atoms with E-state index in [2.05, 4.69) is 17.2 Å². The molecule has 0 saturated heterocycles. The minimum atomic E-state index is -0.286. The number of rotatable bonds is 6. The van der Waals surface area contributed by atoms with Crippen LogP contribution in [0.3, 0.4) is 0 Å². The molecule has 0 saturated carbocycles. The minimum Gasteiger partial charge on any atom is -0.321 e. The van der Waals surface area contributed by atoms with Crippen LogP contribution in [0.5, 0.6) is 0 Å². The fourth-order valence-electron chi connectivity index (χ4n) is 2.84. The zero-order valence-corrected chi connectivity index (χ0v) is 16.4. The van der Waals surface area contributed by atoms with Crippen LogP contribution in [0.25, 0.3) is 10.2 Å². The summed E-state index contributed by atoms with van der Waals surface area (Å²) in [6.07, 6.45) is 3.45. The molecule has 1 N–H and O–H groups in total. The summed E-state index contributed by atoms with van der Waals surface area (Å²) in [5.74, 6) is -0.316. The van der Waals surface area contributed by atoms with Gasteiger partial charge in [0.15, 0.2) is 5.78 Å². The Morgan fingerprint density at radius 1 is 1.22 bits per heavy atom. The number of unbranched alkanes of at least 4 members (excludes halogenated alkanes) is 1. The lowest BCUT2D eigenvalue weighted by Gasteiger charge is -2.05. The number of amides is 1. The largest absolute Gasteiger partial charge is 0.321 e. The zero-order chi connectivity index (χ0) is 19.6. The molecule has 1 aromatic carbocycles. The second-order valence-electron chi connectivity index (χ2n) is 6.42. The van der Waals surface area contributed by atoms with E-state index in [1.807, 2.05) is 0 Å². The Morgan fingerprint density at radius 3 is 2.56 bits per heavy atom. The Kier molecular flexibility index (Phi) is 5.51. The van der Waals surface area contributed by atoms with Crippen molar-refractivity contribution in [1.82, 2.24) is 9.55 Å². The summed E-state index contributed by atoms with van der Waals surface area (Å²) in [5, 5.41) is 3.33. The van der Waals surface area contributed by atoms with Crippen molar-refractivity contribution in [1.29, 1.82) is 0 Å². The number of fused-ring (bicyclic) bond motifs is 1. The van der Waals surface area contributed by atoms with Gasteiger partial charge in [-0.1, -0.05) is 13.3 Å². The summed E-state index contributed by atoms with van der Waals surface area (Å²) in [5.41, 5.74) is 1.72. The second-order valence-corrected chi connectivity index (χ2v) is 7.42. The van der Waals surface area contributed by atoms with Gasteiger partial charge < -0.3 is 5.32 Å². The fourth-order valence-corrected chi connectivity index (χ4v) is 3.87. The van der Waals surface area contributed by atoms with Gasteiger partial charge in [-0.2, -0.15) is 0 Å². The van der Waals surface area contributed by atoms with Gasteiger partial charge in [-0.3, -0.25) is 19.0 Å². The van der Waals surface area contributed by atoms with Crippen molar-refractivity contribution in [3.05, 3.63) is 57.0 Å². The highest BCUT2D eigenvalue weighted by atomic mass is 32.1.